The molecule has 0 saturated carbocycles. The predicted molar refractivity (Wildman–Crippen MR) is 151 cm³/mol. The molecular weight excluding hydrogens is 1210 g/mol. The number of phenols is 1. The molecule has 304 valence electrons. The van der Waals surface area contributed by atoms with Crippen molar-refractivity contribution in [3.8, 4) is 5.75 Å². The van der Waals surface area contributed by atoms with E-state index in [2.05, 4.69) is 63.7 Å². The number of hydrogen-bond donors (Lipinski definition) is 1. The number of allylic oxidation sites excluding steroid dienone is 4. The summed E-state index contributed by atoms with van der Waals surface area (Å²) in [5, 5.41) is 8.63. The van der Waals surface area contributed by atoms with Crippen molar-refractivity contribution in [2.75, 3.05) is 0 Å². The van der Waals surface area contributed by atoms with Gasteiger partial charge >= 0.3 is 17.1 Å². The SMILES string of the molecule is C.O.O.O.O.O.O.O.O.O.O.O.O.O=C1C(Br)=CC(Br)(Br)C=C1Br.Oc1ccccc1.[H+].[H+].[H+].[H+].[H+].[H+].[H+].[H+].[H+].[H+].[H+].[H+].[O-][Br+2]([O-])[O-].[O-][Br+2]([O-])[O-].[O-][Br+2]([O-])[O-].[O-][Br+2]([O-])[O-]. The van der Waals surface area contributed by atoms with E-state index in [1.54, 1.807) is 36.4 Å². The number of Topliss-reactive ketones (excluding diaryl/α,β-unsaturated/α-hetero) is 1. The van der Waals surface area contributed by atoms with E-state index < -0.39 is 62.5 Å². The normalized spacial score (nSPS) is 9.66. The second kappa shape index (κ2) is 68.9. The molecule has 0 amide bonds. The quantitative estimate of drug-likeness (QED) is 0.236. The molecule has 2 rings (SSSR count). The molecule has 34 heteroatoms. The minimum Gasteiger partial charge on any atom is -0.508 e. The van der Waals surface area contributed by atoms with Gasteiger partial charge in [-0.25, -0.2) is 0 Å². The van der Waals surface area contributed by atoms with Crippen LogP contribution in [-0.2, 0) is 4.79 Å². The fourth-order valence-electron chi connectivity index (χ4n) is 1.05. The number of halogens is 8. The molecule has 1 aromatic rings. The molecule has 26 nitrogen and oxygen atoms in total. The standard InChI is InChI=1S/C6H2Br4O.C6H6O.CH4.4BrO3.12H2O/c7-3-1-6(9,10)2-4(8)5(3)11;7-6-4-2-1-3-5-6;;4*2-1(3)4;;;;;;;;;;;;/h1-2H;1-5,7H;1H4;;;;;12*1H2/q;;;4*-1;;;;;;;;;;;;/p+12. The lowest BCUT2D eigenvalue weighted by Gasteiger charge is -2.16. The van der Waals surface area contributed by atoms with Crippen molar-refractivity contribution in [1.29, 1.82) is 0 Å². The Morgan fingerprint density at radius 1 is 0.511 bits per heavy atom. The molecule has 1 aromatic carbocycles. The molecule has 0 saturated heterocycles. The lowest BCUT2D eigenvalue weighted by molar-refractivity contribution is -1.73. The first-order valence-electron chi connectivity index (χ1n) is 6.60. The fourth-order valence-corrected chi connectivity index (χ4v) is 4.61. The molecule has 1 aliphatic carbocycles. The Morgan fingerprint density at radius 3 is 0.809 bits per heavy atom. The van der Waals surface area contributed by atoms with Crippen molar-refractivity contribution in [1.82, 2.24) is 0 Å². The number of alkyl halides is 2. The van der Waals surface area contributed by atoms with Gasteiger partial charge in [0.05, 0.1) is 8.96 Å². The number of rotatable bonds is 0. The third-order valence-electron chi connectivity index (χ3n) is 1.83. The van der Waals surface area contributed by atoms with Gasteiger partial charge in [-0.2, -0.15) is 0 Å². The van der Waals surface area contributed by atoms with Crippen LogP contribution in [0, 0.1) is 59.3 Å². The predicted octanol–water partition coefficient (Wildman–Crippen LogP) is -17.2. The van der Waals surface area contributed by atoms with Gasteiger partial charge in [0.25, 0.3) is 0 Å². The number of carbonyl (C=O) groups excluding carboxylic acids is 1. The van der Waals surface area contributed by atoms with Crippen molar-refractivity contribution < 1.29 is 202 Å². The topological polar surface area (TPSA) is 692 Å². The first-order chi connectivity index (χ1) is 15.2. The summed E-state index contributed by atoms with van der Waals surface area (Å²) < 4.78 is 103. The van der Waals surface area contributed by atoms with Crippen LogP contribution in [0.2, 0.25) is 0 Å². The summed E-state index contributed by atoms with van der Waals surface area (Å²) >= 11 is -1.58. The Hall–Kier alpha value is 1.05. The van der Waals surface area contributed by atoms with Crippen molar-refractivity contribution in [2.45, 2.75) is 10.7 Å². The van der Waals surface area contributed by atoms with Crippen LogP contribution in [0.5, 0.6) is 5.75 Å². The van der Waals surface area contributed by atoms with E-state index in [9.17, 15) is 4.79 Å². The zero-order valence-corrected chi connectivity index (χ0v) is 34.0. The number of hydrogen-bond acceptors (Lipinski definition) is 14. The Kier molecular flexibility index (Phi) is 162. The van der Waals surface area contributed by atoms with E-state index in [4.69, 9.17) is 55.5 Å². The maximum Gasteiger partial charge on any atom is 1.00 e. The summed E-state index contributed by atoms with van der Waals surface area (Å²) in [5.74, 6) is 0.280. The van der Waals surface area contributed by atoms with Crippen LogP contribution in [0.3, 0.4) is 0 Å². The third-order valence-corrected chi connectivity index (χ3v) is 3.92. The maximum atomic E-state index is 11.1. The van der Waals surface area contributed by atoms with E-state index in [-0.39, 0.29) is 96.0 Å². The van der Waals surface area contributed by atoms with Gasteiger partial charge in [-0.05, 0) is 56.1 Å². The molecule has 0 atom stereocenters. The highest BCUT2D eigenvalue weighted by molar-refractivity contribution is 9.25. The van der Waals surface area contributed by atoms with Crippen LogP contribution in [0.15, 0.2) is 51.4 Å². The lowest BCUT2D eigenvalue weighted by Crippen LogP contribution is -2.43. The molecule has 0 spiro atoms. The van der Waals surface area contributed by atoms with Crippen molar-refractivity contribution >= 4 is 69.5 Å². The Morgan fingerprint density at radius 2 is 0.681 bits per heavy atom. The zero-order valence-electron chi connectivity index (χ0n) is 33.3. The van der Waals surface area contributed by atoms with E-state index in [1.165, 1.54) is 0 Å². The zero-order chi connectivity index (χ0) is 28.1. The van der Waals surface area contributed by atoms with E-state index in [1.807, 2.05) is 6.07 Å². The number of para-hydroxylation sites is 1. The van der Waals surface area contributed by atoms with Gasteiger partial charge < -0.3 is 121 Å². The highest BCUT2D eigenvalue weighted by Gasteiger charge is 2.27. The Bertz CT molecular complexity index is 685. The van der Waals surface area contributed by atoms with Crippen LogP contribution >= 0.6 is 63.7 Å². The minimum atomic E-state index is -3.65. The monoisotopic (exact) mass is 1250 g/mol. The summed E-state index contributed by atoms with van der Waals surface area (Å²) in [6, 6.07) is 8.71. The lowest BCUT2D eigenvalue weighted by atomic mass is 10.2. The van der Waals surface area contributed by atoms with Crippen LogP contribution in [0.4, 0.5) is 0 Å². The molecule has 47 heavy (non-hydrogen) atoms. The van der Waals surface area contributed by atoms with Crippen LogP contribution < -0.4 is 50.4 Å². The van der Waals surface area contributed by atoms with Crippen molar-refractivity contribution in [2.24, 2.45) is 0 Å². The van der Waals surface area contributed by atoms with Crippen molar-refractivity contribution in [3.63, 3.8) is 0 Å². The van der Waals surface area contributed by atoms with E-state index in [0.29, 0.717) is 14.7 Å². The minimum absolute atomic E-state index is 0. The van der Waals surface area contributed by atoms with Crippen LogP contribution in [0.25, 0.3) is 0 Å². The van der Waals surface area contributed by atoms with Gasteiger partial charge in [-0.15, -0.1) is 0 Å². The third kappa shape index (κ3) is 131. The number of carbonyl (C=O) groups is 1. The number of aromatic hydroxyl groups is 1. The molecule has 0 bridgehead atoms. The smallest absolute Gasteiger partial charge is 0.508 e. The number of phenolic OH excluding ortho intramolecular Hbond substituents is 1. The van der Waals surface area contributed by atoms with Gasteiger partial charge in [-0.3, -0.25) is 4.79 Å². The average Bonchev–Trinajstić information content (AvgIpc) is 2.58. The molecule has 25 N–H and O–H groups in total. The first kappa shape index (κ1) is 110. The molecule has 0 unspecified atom stereocenters. The summed E-state index contributed by atoms with van der Waals surface area (Å²) in [5.41, 5.74) is 0. The molecule has 0 heterocycles. The molecule has 0 fully saturated rings. The fraction of sp³-hybridized carbons (Fsp3) is 0.154. The summed E-state index contributed by atoms with van der Waals surface area (Å²) in [7, 11) is 0. The summed E-state index contributed by atoms with van der Waals surface area (Å²) in [6.45, 7) is 0. The van der Waals surface area contributed by atoms with Gasteiger partial charge in [0.1, 0.15) is 8.98 Å². The molecule has 0 aliphatic heterocycles. The maximum absolute atomic E-state index is 11.1. The molecule has 0 radical (unpaired) electrons. The second-order valence-electron chi connectivity index (χ2n) is 4.08. The Balaban J connectivity index is -0.00000000647. The largest absolute Gasteiger partial charge is 1.00 e. The number of ketones is 1. The first-order valence-corrected chi connectivity index (χ1v) is 17.5. The van der Waals surface area contributed by atoms with Crippen LogP contribution in [0.1, 0.15) is 24.5 Å². The Labute approximate surface area is 337 Å². The second-order valence-corrected chi connectivity index (χ2v) is 12.6. The van der Waals surface area contributed by atoms with Gasteiger partial charge in [0.15, 0.2) is 0 Å². The average molecular weight is 1260 g/mol. The van der Waals surface area contributed by atoms with Gasteiger partial charge in [-0.1, -0.05) is 57.5 Å². The molecule has 0 aromatic heterocycles. The highest BCUT2D eigenvalue weighted by Crippen LogP contribution is 2.39. The van der Waals surface area contributed by atoms with Crippen molar-refractivity contribution in [3.05, 3.63) is 51.4 Å². The number of benzene rings is 1. The summed E-state index contributed by atoms with van der Waals surface area (Å²) in [6.07, 6.45) is 3.47. The molecule has 1 aliphatic rings. The van der Waals surface area contributed by atoms with Gasteiger partial charge in [0, 0.05) is 0 Å². The summed E-state index contributed by atoms with van der Waals surface area (Å²) in [4.78, 5) is 11.1. The van der Waals surface area contributed by atoms with Gasteiger partial charge in [0.2, 0.25) is 65.0 Å². The van der Waals surface area contributed by atoms with E-state index >= 15 is 0 Å². The van der Waals surface area contributed by atoms with Crippen LogP contribution in [-0.4, -0.2) is 79.8 Å². The molecular formula is C13H48Br8O26+8. The highest BCUT2D eigenvalue weighted by atomic mass is 80.0. The van der Waals surface area contributed by atoms with E-state index in [0.717, 1.165) is 0 Å².